The minimum absolute atomic E-state index is 0.373. The van der Waals surface area contributed by atoms with Crippen LogP contribution in [0.15, 0.2) is 65.6 Å². The molecule has 1 N–H and O–H groups in total. The number of benzene rings is 2. The molecule has 0 aliphatic heterocycles. The van der Waals surface area contributed by atoms with Gasteiger partial charge in [0, 0.05) is 12.2 Å². The Morgan fingerprint density at radius 2 is 1.47 bits per heavy atom. The van der Waals surface area contributed by atoms with Crippen molar-refractivity contribution in [2.45, 2.75) is 17.1 Å². The van der Waals surface area contributed by atoms with Crippen LogP contribution in [0.5, 0.6) is 0 Å². The van der Waals surface area contributed by atoms with Crippen LogP contribution in [0.2, 0.25) is 0 Å². The first-order chi connectivity index (χ1) is 9.10. The lowest BCUT2D eigenvalue weighted by molar-refractivity contribution is 0.585. The molecule has 0 amide bonds. The monoisotopic (exact) mass is 275 g/mol. The third-order valence-corrected chi connectivity index (χ3v) is 5.12. The van der Waals surface area contributed by atoms with Crippen LogP contribution in [0.25, 0.3) is 0 Å². The minimum Gasteiger partial charge on any atom is -0.384 e. The molecule has 0 heterocycles. The smallest absolute Gasteiger partial charge is 0.182 e. The molecule has 100 valence electrons. The van der Waals surface area contributed by atoms with Crippen LogP contribution in [0.4, 0.5) is 5.69 Å². The van der Waals surface area contributed by atoms with Gasteiger partial charge in [0.2, 0.25) is 0 Å². The summed E-state index contributed by atoms with van der Waals surface area (Å²) in [6, 6.07) is 18.2. The van der Waals surface area contributed by atoms with Gasteiger partial charge in [0.15, 0.2) is 9.84 Å². The van der Waals surface area contributed by atoms with Gasteiger partial charge in [-0.1, -0.05) is 36.4 Å². The lowest BCUT2D eigenvalue weighted by atomic mass is 10.3. The molecule has 0 saturated heterocycles. The van der Waals surface area contributed by atoms with Crippen LogP contribution in [0, 0.1) is 0 Å². The predicted molar refractivity (Wildman–Crippen MR) is 78.0 cm³/mol. The Morgan fingerprint density at radius 1 is 0.947 bits per heavy atom. The molecule has 0 aliphatic rings. The van der Waals surface area contributed by atoms with E-state index in [0.717, 1.165) is 5.69 Å². The Labute approximate surface area is 114 Å². The van der Waals surface area contributed by atoms with Gasteiger partial charge in [-0.25, -0.2) is 8.42 Å². The van der Waals surface area contributed by atoms with Crippen molar-refractivity contribution in [3.05, 3.63) is 60.7 Å². The van der Waals surface area contributed by atoms with Crippen molar-refractivity contribution in [1.82, 2.24) is 0 Å². The van der Waals surface area contributed by atoms with Crippen LogP contribution >= 0.6 is 0 Å². The van der Waals surface area contributed by atoms with Crippen molar-refractivity contribution in [2.24, 2.45) is 0 Å². The number of hydrogen-bond donors (Lipinski definition) is 1. The minimum atomic E-state index is -3.27. The number of anilines is 1. The second kappa shape index (κ2) is 5.89. The number of para-hydroxylation sites is 1. The molecular weight excluding hydrogens is 258 g/mol. The number of nitrogens with one attached hydrogen (secondary N) is 1. The summed E-state index contributed by atoms with van der Waals surface area (Å²) in [7, 11) is -3.27. The van der Waals surface area contributed by atoms with E-state index in [2.05, 4.69) is 5.32 Å². The summed E-state index contributed by atoms with van der Waals surface area (Å²) in [5.74, 6) is 0. The lowest BCUT2D eigenvalue weighted by Gasteiger charge is -2.14. The summed E-state index contributed by atoms with van der Waals surface area (Å²) < 4.78 is 24.6. The van der Waals surface area contributed by atoms with Crippen molar-refractivity contribution in [3.63, 3.8) is 0 Å². The summed E-state index contributed by atoms with van der Waals surface area (Å²) in [5.41, 5.74) is 0.928. The van der Waals surface area contributed by atoms with Crippen molar-refractivity contribution in [3.8, 4) is 0 Å². The molecule has 0 fully saturated rings. The molecule has 0 spiro atoms. The molecule has 0 radical (unpaired) electrons. The average Bonchev–Trinajstić information content (AvgIpc) is 2.46. The van der Waals surface area contributed by atoms with Gasteiger partial charge in [-0.2, -0.15) is 0 Å². The fourth-order valence-corrected chi connectivity index (χ4v) is 3.07. The predicted octanol–water partition coefficient (Wildman–Crippen LogP) is 2.96. The average molecular weight is 275 g/mol. The van der Waals surface area contributed by atoms with Crippen LogP contribution in [0.3, 0.4) is 0 Å². The fourth-order valence-electron chi connectivity index (χ4n) is 1.77. The van der Waals surface area contributed by atoms with Crippen LogP contribution in [-0.4, -0.2) is 20.2 Å². The molecule has 4 heteroatoms. The van der Waals surface area contributed by atoms with Crippen molar-refractivity contribution >= 4 is 15.5 Å². The Balaban J connectivity index is 2.06. The third kappa shape index (κ3) is 3.35. The maximum atomic E-state index is 12.3. The molecule has 0 saturated carbocycles. The highest BCUT2D eigenvalue weighted by Gasteiger charge is 2.22. The van der Waals surface area contributed by atoms with Crippen molar-refractivity contribution in [1.29, 1.82) is 0 Å². The van der Waals surface area contributed by atoms with Gasteiger partial charge in [-0.05, 0) is 31.2 Å². The normalized spacial score (nSPS) is 12.9. The van der Waals surface area contributed by atoms with Crippen molar-refractivity contribution < 1.29 is 8.42 Å². The van der Waals surface area contributed by atoms with E-state index in [1.165, 1.54) is 0 Å². The largest absolute Gasteiger partial charge is 0.384 e. The SMILES string of the molecule is CC(CNc1ccccc1)S(=O)(=O)c1ccccc1. The van der Waals surface area contributed by atoms with E-state index in [4.69, 9.17) is 0 Å². The highest BCUT2D eigenvalue weighted by molar-refractivity contribution is 7.92. The Bertz CT molecular complexity index is 609. The van der Waals surface area contributed by atoms with Gasteiger partial charge in [-0.3, -0.25) is 0 Å². The van der Waals surface area contributed by atoms with Crippen LogP contribution in [0.1, 0.15) is 6.92 Å². The first-order valence-corrected chi connectivity index (χ1v) is 7.73. The second-order valence-corrected chi connectivity index (χ2v) is 6.78. The van der Waals surface area contributed by atoms with Gasteiger partial charge >= 0.3 is 0 Å². The standard InChI is InChI=1S/C15H17NO2S/c1-13(12-16-14-8-4-2-5-9-14)19(17,18)15-10-6-3-7-11-15/h2-11,13,16H,12H2,1H3. The molecule has 2 aromatic rings. The Hall–Kier alpha value is -1.81. The zero-order chi connectivity index (χ0) is 13.7. The van der Waals surface area contributed by atoms with E-state index in [0.29, 0.717) is 11.4 Å². The number of sulfone groups is 1. The fraction of sp³-hybridized carbons (Fsp3) is 0.200. The highest BCUT2D eigenvalue weighted by atomic mass is 32.2. The first-order valence-electron chi connectivity index (χ1n) is 6.18. The van der Waals surface area contributed by atoms with E-state index in [1.54, 1.807) is 31.2 Å². The maximum absolute atomic E-state index is 12.3. The van der Waals surface area contributed by atoms with E-state index in [1.807, 2.05) is 36.4 Å². The second-order valence-electron chi connectivity index (χ2n) is 4.42. The van der Waals surface area contributed by atoms with Gasteiger partial charge in [0.05, 0.1) is 10.1 Å². The molecule has 19 heavy (non-hydrogen) atoms. The summed E-state index contributed by atoms with van der Waals surface area (Å²) in [4.78, 5) is 0.373. The molecule has 0 aliphatic carbocycles. The zero-order valence-electron chi connectivity index (χ0n) is 10.8. The van der Waals surface area contributed by atoms with E-state index in [9.17, 15) is 8.42 Å². The molecule has 1 atom stereocenters. The highest BCUT2D eigenvalue weighted by Crippen LogP contribution is 2.16. The van der Waals surface area contributed by atoms with Crippen LogP contribution in [-0.2, 0) is 9.84 Å². The topological polar surface area (TPSA) is 46.2 Å². The van der Waals surface area contributed by atoms with Gasteiger partial charge < -0.3 is 5.32 Å². The maximum Gasteiger partial charge on any atom is 0.182 e. The van der Waals surface area contributed by atoms with Gasteiger partial charge in [0.25, 0.3) is 0 Å². The summed E-state index contributed by atoms with van der Waals surface area (Å²) >= 11 is 0. The molecule has 2 rings (SSSR count). The summed E-state index contributed by atoms with van der Waals surface area (Å²) in [6.07, 6.45) is 0. The Morgan fingerprint density at radius 3 is 2.05 bits per heavy atom. The van der Waals surface area contributed by atoms with E-state index in [-0.39, 0.29) is 0 Å². The molecule has 0 aromatic heterocycles. The van der Waals surface area contributed by atoms with E-state index >= 15 is 0 Å². The van der Waals surface area contributed by atoms with Gasteiger partial charge in [0.1, 0.15) is 0 Å². The van der Waals surface area contributed by atoms with Crippen LogP contribution < -0.4 is 5.32 Å². The van der Waals surface area contributed by atoms with Crippen molar-refractivity contribution in [2.75, 3.05) is 11.9 Å². The quantitative estimate of drug-likeness (QED) is 0.912. The first kappa shape index (κ1) is 13.6. The number of hydrogen-bond acceptors (Lipinski definition) is 3. The molecule has 2 aromatic carbocycles. The number of rotatable bonds is 5. The molecule has 1 unspecified atom stereocenters. The molecule has 3 nitrogen and oxygen atoms in total. The molecule has 0 bridgehead atoms. The third-order valence-electron chi connectivity index (χ3n) is 2.97. The lowest BCUT2D eigenvalue weighted by Crippen LogP contribution is -2.26. The Kier molecular flexibility index (Phi) is 4.22. The van der Waals surface area contributed by atoms with E-state index < -0.39 is 15.1 Å². The zero-order valence-corrected chi connectivity index (χ0v) is 11.6. The summed E-state index contributed by atoms with van der Waals surface area (Å²) in [6.45, 7) is 2.11. The summed E-state index contributed by atoms with van der Waals surface area (Å²) in [5, 5.41) is 2.66. The van der Waals surface area contributed by atoms with Gasteiger partial charge in [-0.15, -0.1) is 0 Å². The molecular formula is C15H17NO2S.